The monoisotopic (exact) mass is 235 g/mol. The van der Waals surface area contributed by atoms with Crippen molar-refractivity contribution in [1.29, 1.82) is 0 Å². The lowest BCUT2D eigenvalue weighted by molar-refractivity contribution is 0.218. The van der Waals surface area contributed by atoms with Crippen molar-refractivity contribution in [1.82, 2.24) is 5.32 Å². The highest BCUT2D eigenvalue weighted by Gasteiger charge is 2.22. The Morgan fingerprint density at radius 2 is 2.29 bits per heavy atom. The summed E-state index contributed by atoms with van der Waals surface area (Å²) in [6.07, 6.45) is 3.12. The second-order valence-corrected chi connectivity index (χ2v) is 4.73. The second-order valence-electron chi connectivity index (χ2n) is 4.73. The van der Waals surface area contributed by atoms with Crippen LogP contribution in [0.15, 0.2) is 24.3 Å². The summed E-state index contributed by atoms with van der Waals surface area (Å²) in [6, 6.07) is 8.67. The van der Waals surface area contributed by atoms with E-state index in [1.54, 1.807) is 0 Å². The second kappa shape index (κ2) is 6.03. The fourth-order valence-corrected chi connectivity index (χ4v) is 2.20. The van der Waals surface area contributed by atoms with Crippen molar-refractivity contribution < 1.29 is 9.84 Å². The molecule has 17 heavy (non-hydrogen) atoms. The smallest absolute Gasteiger partial charge is 0.123 e. The highest BCUT2D eigenvalue weighted by molar-refractivity contribution is 5.37. The fourth-order valence-electron chi connectivity index (χ4n) is 2.20. The van der Waals surface area contributed by atoms with Crippen molar-refractivity contribution >= 4 is 0 Å². The zero-order chi connectivity index (χ0) is 12.1. The van der Waals surface area contributed by atoms with Crippen molar-refractivity contribution in [3.05, 3.63) is 29.8 Å². The molecule has 3 nitrogen and oxygen atoms in total. The van der Waals surface area contributed by atoms with Gasteiger partial charge in [-0.2, -0.15) is 0 Å². The van der Waals surface area contributed by atoms with E-state index in [0.717, 1.165) is 31.6 Å². The highest BCUT2D eigenvalue weighted by Crippen LogP contribution is 2.27. The average Bonchev–Trinajstić information content (AvgIpc) is 2.76. The van der Waals surface area contributed by atoms with Crippen LogP contribution in [0.25, 0.3) is 0 Å². The number of para-hydroxylation sites is 1. The third-order valence-electron chi connectivity index (χ3n) is 3.20. The third kappa shape index (κ3) is 3.45. The molecule has 1 aliphatic heterocycles. The van der Waals surface area contributed by atoms with Gasteiger partial charge in [-0.25, -0.2) is 0 Å². The SMILES string of the molecule is CC(CCCO)NCC1Cc2ccccc2O1. The summed E-state index contributed by atoms with van der Waals surface area (Å²) in [6.45, 7) is 3.30. The van der Waals surface area contributed by atoms with Crippen LogP contribution in [0.5, 0.6) is 5.75 Å². The van der Waals surface area contributed by atoms with E-state index in [2.05, 4.69) is 24.4 Å². The van der Waals surface area contributed by atoms with Gasteiger partial charge in [-0.15, -0.1) is 0 Å². The number of rotatable bonds is 6. The maximum Gasteiger partial charge on any atom is 0.123 e. The minimum absolute atomic E-state index is 0.254. The number of aliphatic hydroxyl groups is 1. The Labute approximate surface area is 103 Å². The minimum atomic E-state index is 0.254. The quantitative estimate of drug-likeness (QED) is 0.789. The van der Waals surface area contributed by atoms with Crippen LogP contribution in [0.1, 0.15) is 25.3 Å². The van der Waals surface area contributed by atoms with E-state index in [4.69, 9.17) is 9.84 Å². The molecule has 0 saturated carbocycles. The van der Waals surface area contributed by atoms with E-state index in [9.17, 15) is 0 Å². The molecule has 1 aromatic rings. The zero-order valence-electron chi connectivity index (χ0n) is 10.4. The summed E-state index contributed by atoms with van der Waals surface area (Å²) >= 11 is 0. The fraction of sp³-hybridized carbons (Fsp3) is 0.571. The average molecular weight is 235 g/mol. The minimum Gasteiger partial charge on any atom is -0.488 e. The summed E-state index contributed by atoms with van der Waals surface area (Å²) in [7, 11) is 0. The highest BCUT2D eigenvalue weighted by atomic mass is 16.5. The predicted octanol–water partition coefficient (Wildman–Crippen LogP) is 1.74. The van der Waals surface area contributed by atoms with E-state index in [1.165, 1.54) is 5.56 Å². The van der Waals surface area contributed by atoms with Gasteiger partial charge in [-0.05, 0) is 31.4 Å². The van der Waals surface area contributed by atoms with Crippen LogP contribution >= 0.6 is 0 Å². The molecule has 0 aromatic heterocycles. The molecule has 1 heterocycles. The Hall–Kier alpha value is -1.06. The summed E-state index contributed by atoms with van der Waals surface area (Å²) in [5.41, 5.74) is 1.31. The molecule has 3 heteroatoms. The molecule has 0 aliphatic carbocycles. The molecule has 0 amide bonds. The van der Waals surface area contributed by atoms with Crippen molar-refractivity contribution in [2.75, 3.05) is 13.2 Å². The lowest BCUT2D eigenvalue weighted by Gasteiger charge is -2.16. The first-order chi connectivity index (χ1) is 8.29. The molecule has 2 N–H and O–H groups in total. The molecular formula is C14H21NO2. The maximum atomic E-state index is 8.76. The van der Waals surface area contributed by atoms with Gasteiger partial charge >= 0.3 is 0 Å². The Bertz CT molecular complexity index is 329. The Balaban J connectivity index is 1.73. The van der Waals surface area contributed by atoms with Gasteiger partial charge < -0.3 is 15.2 Å². The molecule has 2 rings (SSSR count). The molecule has 1 aliphatic rings. The van der Waals surface area contributed by atoms with Crippen LogP contribution in [0.2, 0.25) is 0 Å². The van der Waals surface area contributed by atoms with Crippen LogP contribution in [-0.4, -0.2) is 30.4 Å². The van der Waals surface area contributed by atoms with E-state index in [0.29, 0.717) is 6.04 Å². The molecule has 0 bridgehead atoms. The van der Waals surface area contributed by atoms with Gasteiger partial charge in [-0.3, -0.25) is 0 Å². The summed E-state index contributed by atoms with van der Waals surface area (Å²) in [4.78, 5) is 0. The van der Waals surface area contributed by atoms with E-state index >= 15 is 0 Å². The molecular weight excluding hydrogens is 214 g/mol. The molecule has 0 saturated heterocycles. The number of aliphatic hydroxyl groups excluding tert-OH is 1. The molecule has 2 atom stereocenters. The van der Waals surface area contributed by atoms with Crippen LogP contribution in [0.4, 0.5) is 0 Å². The zero-order valence-corrected chi connectivity index (χ0v) is 10.4. The number of benzene rings is 1. The van der Waals surface area contributed by atoms with E-state index in [-0.39, 0.29) is 12.7 Å². The van der Waals surface area contributed by atoms with Gasteiger partial charge in [0.1, 0.15) is 11.9 Å². The summed E-state index contributed by atoms with van der Waals surface area (Å²) in [5.74, 6) is 1.03. The number of hydrogen-bond donors (Lipinski definition) is 2. The molecule has 0 fully saturated rings. The largest absolute Gasteiger partial charge is 0.488 e. The summed E-state index contributed by atoms with van der Waals surface area (Å²) < 4.78 is 5.85. The van der Waals surface area contributed by atoms with E-state index < -0.39 is 0 Å². The maximum absolute atomic E-state index is 8.76. The standard InChI is InChI=1S/C14H21NO2/c1-11(5-4-8-16)15-10-13-9-12-6-2-3-7-14(12)17-13/h2-3,6-7,11,13,15-16H,4-5,8-10H2,1H3. The van der Waals surface area contributed by atoms with Gasteiger partial charge in [0.25, 0.3) is 0 Å². The van der Waals surface area contributed by atoms with Gasteiger partial charge in [0.05, 0.1) is 0 Å². The molecule has 1 aromatic carbocycles. The normalized spacial score (nSPS) is 19.8. The van der Waals surface area contributed by atoms with Crippen LogP contribution in [-0.2, 0) is 6.42 Å². The van der Waals surface area contributed by atoms with Crippen molar-refractivity contribution in [2.45, 2.75) is 38.3 Å². The van der Waals surface area contributed by atoms with Crippen molar-refractivity contribution in [2.24, 2.45) is 0 Å². The number of nitrogens with one attached hydrogen (secondary N) is 1. The predicted molar refractivity (Wildman–Crippen MR) is 68.3 cm³/mol. The lowest BCUT2D eigenvalue weighted by Crippen LogP contribution is -2.35. The summed E-state index contributed by atoms with van der Waals surface area (Å²) in [5, 5.41) is 12.2. The van der Waals surface area contributed by atoms with Gasteiger partial charge in [0, 0.05) is 25.6 Å². The first-order valence-electron chi connectivity index (χ1n) is 6.38. The topological polar surface area (TPSA) is 41.5 Å². The number of fused-ring (bicyclic) bond motifs is 1. The third-order valence-corrected chi connectivity index (χ3v) is 3.20. The van der Waals surface area contributed by atoms with E-state index in [1.807, 2.05) is 12.1 Å². The van der Waals surface area contributed by atoms with Crippen LogP contribution in [0, 0.1) is 0 Å². The van der Waals surface area contributed by atoms with Gasteiger partial charge in [0.2, 0.25) is 0 Å². The van der Waals surface area contributed by atoms with Crippen LogP contribution in [0.3, 0.4) is 0 Å². The molecule has 0 radical (unpaired) electrons. The molecule has 2 unspecified atom stereocenters. The van der Waals surface area contributed by atoms with Gasteiger partial charge in [0.15, 0.2) is 0 Å². The Kier molecular flexibility index (Phi) is 4.40. The number of ether oxygens (including phenoxy) is 1. The first-order valence-corrected chi connectivity index (χ1v) is 6.38. The first kappa shape index (κ1) is 12.4. The molecule has 0 spiro atoms. The van der Waals surface area contributed by atoms with Crippen LogP contribution < -0.4 is 10.1 Å². The Morgan fingerprint density at radius 3 is 3.06 bits per heavy atom. The molecule has 94 valence electrons. The van der Waals surface area contributed by atoms with Gasteiger partial charge in [-0.1, -0.05) is 18.2 Å². The van der Waals surface area contributed by atoms with Crippen molar-refractivity contribution in [3.8, 4) is 5.75 Å². The number of hydrogen-bond acceptors (Lipinski definition) is 3. The van der Waals surface area contributed by atoms with Crippen molar-refractivity contribution in [3.63, 3.8) is 0 Å². The lowest BCUT2D eigenvalue weighted by atomic mass is 10.1. The Morgan fingerprint density at radius 1 is 1.47 bits per heavy atom.